The second-order valence-electron chi connectivity index (χ2n) is 8.88. The molecule has 2 unspecified atom stereocenters. The third-order valence-electron chi connectivity index (χ3n) is 6.99. The molecule has 32 heavy (non-hydrogen) atoms. The average Bonchev–Trinajstić information content (AvgIpc) is 3.12. The second kappa shape index (κ2) is 7.05. The maximum absolute atomic E-state index is 12.5. The number of piperidine rings is 1. The van der Waals surface area contributed by atoms with Crippen LogP contribution in [0, 0.1) is 18.8 Å². The van der Waals surface area contributed by atoms with Crippen molar-refractivity contribution < 1.29 is 0 Å². The molecule has 1 aliphatic heterocycles. The Bertz CT molecular complexity index is 1430. The molecule has 1 saturated heterocycles. The first-order valence-corrected chi connectivity index (χ1v) is 11.8. The highest BCUT2D eigenvalue weighted by Gasteiger charge is 2.54. The van der Waals surface area contributed by atoms with Gasteiger partial charge in [0.25, 0.3) is 5.56 Å². The smallest absolute Gasteiger partial charge is 0.259 e. The van der Waals surface area contributed by atoms with Gasteiger partial charge >= 0.3 is 0 Å². The van der Waals surface area contributed by atoms with E-state index in [1.54, 1.807) is 24.0 Å². The fourth-order valence-corrected chi connectivity index (χ4v) is 5.75. The van der Waals surface area contributed by atoms with Gasteiger partial charge in [-0.3, -0.25) is 9.78 Å². The number of nitrogens with zero attached hydrogens (tertiary/aromatic N) is 5. The van der Waals surface area contributed by atoms with Crippen molar-refractivity contribution >= 4 is 39.5 Å². The molecule has 0 bridgehead atoms. The minimum Gasteiger partial charge on any atom is -0.355 e. The molecular formula is C23H25N7OS. The third-order valence-corrected chi connectivity index (χ3v) is 7.81. The number of nitrogens with two attached hydrogens (primary N) is 1. The summed E-state index contributed by atoms with van der Waals surface area (Å²) in [6.45, 7) is 6.18. The van der Waals surface area contributed by atoms with Crippen molar-refractivity contribution in [2.24, 2.45) is 24.6 Å². The van der Waals surface area contributed by atoms with Gasteiger partial charge in [0.15, 0.2) is 5.16 Å². The lowest BCUT2D eigenvalue weighted by Gasteiger charge is -2.21. The van der Waals surface area contributed by atoms with Gasteiger partial charge in [-0.25, -0.2) is 9.97 Å². The number of rotatable bonds is 4. The van der Waals surface area contributed by atoms with E-state index >= 15 is 0 Å². The molecule has 0 amide bonds. The van der Waals surface area contributed by atoms with Crippen LogP contribution in [0.3, 0.4) is 0 Å². The lowest BCUT2D eigenvalue weighted by Crippen LogP contribution is -2.29. The molecule has 3 N–H and O–H groups in total. The van der Waals surface area contributed by atoms with Crippen LogP contribution in [0.5, 0.6) is 0 Å². The highest BCUT2D eigenvalue weighted by molar-refractivity contribution is 7.99. The number of hydrogen-bond donors (Lipinski definition) is 2. The Hall–Kier alpha value is -2.91. The Morgan fingerprint density at radius 1 is 1.28 bits per heavy atom. The van der Waals surface area contributed by atoms with Crippen LogP contribution in [0.4, 0.5) is 5.82 Å². The van der Waals surface area contributed by atoms with Crippen LogP contribution < -0.4 is 16.2 Å². The van der Waals surface area contributed by atoms with E-state index in [1.165, 1.54) is 23.0 Å². The number of aryl methyl sites for hydroxylation is 3. The van der Waals surface area contributed by atoms with Crippen molar-refractivity contribution in [3.8, 4) is 0 Å². The minimum atomic E-state index is -0.0604. The number of nitrogens with one attached hydrogen (secondary N) is 1. The fourth-order valence-electron chi connectivity index (χ4n) is 4.99. The number of hydrogen-bond acceptors (Lipinski definition) is 7. The third kappa shape index (κ3) is 2.95. The number of fused-ring (bicyclic) bond motifs is 3. The molecule has 164 valence electrons. The van der Waals surface area contributed by atoms with E-state index in [2.05, 4.69) is 28.7 Å². The Kier molecular flexibility index (Phi) is 4.35. The highest BCUT2D eigenvalue weighted by atomic mass is 32.2. The lowest BCUT2D eigenvalue weighted by atomic mass is 10.1. The normalized spacial score (nSPS) is 22.1. The molecule has 8 nitrogen and oxygen atoms in total. The number of H-pyrrole nitrogens is 1. The lowest BCUT2D eigenvalue weighted by molar-refractivity contribution is 0.732. The molecule has 5 heterocycles. The van der Waals surface area contributed by atoms with Crippen LogP contribution in [-0.2, 0) is 13.5 Å². The zero-order valence-electron chi connectivity index (χ0n) is 18.3. The predicted molar refractivity (Wildman–Crippen MR) is 126 cm³/mol. The van der Waals surface area contributed by atoms with Gasteiger partial charge in [0.1, 0.15) is 11.5 Å². The summed E-state index contributed by atoms with van der Waals surface area (Å²) in [5.74, 6) is 2.12. The molecule has 6 rings (SSSR count). The first-order chi connectivity index (χ1) is 15.4. The molecule has 0 spiro atoms. The highest BCUT2D eigenvalue weighted by Crippen LogP contribution is 2.46. The van der Waals surface area contributed by atoms with Crippen LogP contribution in [0.2, 0.25) is 0 Å². The van der Waals surface area contributed by atoms with Crippen molar-refractivity contribution in [3.05, 3.63) is 46.1 Å². The van der Waals surface area contributed by atoms with Gasteiger partial charge < -0.3 is 20.2 Å². The van der Waals surface area contributed by atoms with Crippen LogP contribution >= 0.6 is 11.8 Å². The molecule has 2 fully saturated rings. The fraction of sp³-hybridized carbons (Fsp3) is 0.391. The van der Waals surface area contributed by atoms with E-state index in [1.807, 2.05) is 12.1 Å². The molecule has 4 aromatic rings. The van der Waals surface area contributed by atoms with Crippen molar-refractivity contribution in [2.45, 2.75) is 36.4 Å². The van der Waals surface area contributed by atoms with Gasteiger partial charge in [-0.15, -0.1) is 0 Å². The summed E-state index contributed by atoms with van der Waals surface area (Å²) < 4.78 is 1.57. The Labute approximate surface area is 189 Å². The molecular weight excluding hydrogens is 422 g/mol. The van der Waals surface area contributed by atoms with Crippen LogP contribution in [0.25, 0.3) is 21.9 Å². The first kappa shape index (κ1) is 19.8. The number of aromatic nitrogens is 5. The number of pyridine rings is 2. The molecule has 1 saturated carbocycles. The summed E-state index contributed by atoms with van der Waals surface area (Å²) in [5.41, 5.74) is 10.1. The van der Waals surface area contributed by atoms with Crippen LogP contribution in [0.1, 0.15) is 18.2 Å². The molecule has 4 aromatic heterocycles. The summed E-state index contributed by atoms with van der Waals surface area (Å²) >= 11 is 1.44. The minimum absolute atomic E-state index is 0.0604. The van der Waals surface area contributed by atoms with Gasteiger partial charge in [0, 0.05) is 49.2 Å². The van der Waals surface area contributed by atoms with E-state index in [0.29, 0.717) is 33.9 Å². The van der Waals surface area contributed by atoms with Crippen molar-refractivity contribution in [3.63, 3.8) is 0 Å². The van der Waals surface area contributed by atoms with Crippen molar-refractivity contribution in [1.29, 1.82) is 0 Å². The summed E-state index contributed by atoms with van der Waals surface area (Å²) in [4.78, 5) is 33.5. The average molecular weight is 448 g/mol. The number of anilines is 1. The van der Waals surface area contributed by atoms with Crippen LogP contribution in [0.15, 0.2) is 39.4 Å². The van der Waals surface area contributed by atoms with Gasteiger partial charge in [0.2, 0.25) is 0 Å². The largest absolute Gasteiger partial charge is 0.355 e. The molecule has 1 aliphatic carbocycles. The van der Waals surface area contributed by atoms with E-state index < -0.39 is 0 Å². The molecule has 2 aliphatic rings. The quantitative estimate of drug-likeness (QED) is 0.463. The SMILES string of the molecule is CCc1[nH]c2nc(Sc3cnc4ccn(C)c(=O)c4c3)nc(N3CC4C(N)C4C3)c2c1C. The van der Waals surface area contributed by atoms with Crippen LogP contribution in [-0.4, -0.2) is 43.6 Å². The standard InChI is InChI=1S/C23H25N7OS/c1-4-16-11(2)18-20(26-16)27-23(28-21(18)30-9-14-15(10-30)19(14)24)32-12-7-13-17(25-8-12)5-6-29(3)22(13)31/h5-8,14-15,19H,4,9-10,24H2,1-3H3,(H,26,27,28). The summed E-state index contributed by atoms with van der Waals surface area (Å²) in [7, 11) is 1.75. The summed E-state index contributed by atoms with van der Waals surface area (Å²) in [6.07, 6.45) is 4.43. The van der Waals surface area contributed by atoms with E-state index in [9.17, 15) is 4.79 Å². The van der Waals surface area contributed by atoms with E-state index in [-0.39, 0.29) is 5.56 Å². The monoisotopic (exact) mass is 447 g/mol. The Morgan fingerprint density at radius 2 is 2.06 bits per heavy atom. The van der Waals surface area contributed by atoms with Gasteiger partial charge in [0.05, 0.1) is 16.3 Å². The molecule has 0 radical (unpaired) electrons. The molecule has 9 heteroatoms. The number of aromatic amines is 1. The van der Waals surface area contributed by atoms with Crippen molar-refractivity contribution in [2.75, 3.05) is 18.0 Å². The van der Waals surface area contributed by atoms with E-state index in [0.717, 1.165) is 41.3 Å². The van der Waals surface area contributed by atoms with Gasteiger partial charge in [-0.05, 0) is 54.6 Å². The van der Waals surface area contributed by atoms with E-state index in [4.69, 9.17) is 15.7 Å². The zero-order valence-corrected chi connectivity index (χ0v) is 19.1. The second-order valence-corrected chi connectivity index (χ2v) is 9.92. The molecule has 0 aromatic carbocycles. The van der Waals surface area contributed by atoms with Gasteiger partial charge in [-0.2, -0.15) is 0 Å². The maximum atomic E-state index is 12.5. The van der Waals surface area contributed by atoms with Crippen molar-refractivity contribution in [1.82, 2.24) is 24.5 Å². The predicted octanol–water partition coefficient (Wildman–Crippen LogP) is 2.62. The zero-order chi connectivity index (χ0) is 22.1. The maximum Gasteiger partial charge on any atom is 0.259 e. The topological polar surface area (TPSA) is 106 Å². The Morgan fingerprint density at radius 3 is 2.81 bits per heavy atom. The Balaban J connectivity index is 1.43. The first-order valence-electron chi connectivity index (χ1n) is 11.0. The molecule has 2 atom stereocenters. The summed E-state index contributed by atoms with van der Waals surface area (Å²) in [6, 6.07) is 4.06. The summed E-state index contributed by atoms with van der Waals surface area (Å²) in [5, 5.41) is 2.35. The van der Waals surface area contributed by atoms with Gasteiger partial charge in [-0.1, -0.05) is 6.92 Å².